The molecule has 0 aliphatic carbocycles. The third-order valence-electron chi connectivity index (χ3n) is 4.75. The number of nitrogens with one attached hydrogen (secondary N) is 1. The van der Waals surface area contributed by atoms with Crippen LogP contribution in [0.4, 0.5) is 0 Å². The highest BCUT2D eigenvalue weighted by atomic mass is 32.2. The predicted octanol–water partition coefficient (Wildman–Crippen LogP) is 3.97. The van der Waals surface area contributed by atoms with Crippen molar-refractivity contribution in [3.63, 3.8) is 0 Å². The number of hydrogen-bond donors (Lipinski definition) is 1. The van der Waals surface area contributed by atoms with E-state index in [0.717, 1.165) is 18.0 Å². The summed E-state index contributed by atoms with van der Waals surface area (Å²) in [6.07, 6.45) is 0.820. The van der Waals surface area contributed by atoms with Gasteiger partial charge in [0.1, 0.15) is 12.4 Å². The molecule has 0 aliphatic rings. The summed E-state index contributed by atoms with van der Waals surface area (Å²) in [6, 6.07) is 18.2. The van der Waals surface area contributed by atoms with Gasteiger partial charge in [0.15, 0.2) is 11.0 Å². The van der Waals surface area contributed by atoms with Crippen LogP contribution < -0.4 is 10.1 Å². The van der Waals surface area contributed by atoms with E-state index in [-0.39, 0.29) is 5.91 Å². The average Bonchev–Trinajstić information content (AvgIpc) is 3.11. The Bertz CT molecular complexity index is 940. The average molecular weight is 425 g/mol. The second kappa shape index (κ2) is 10.8. The largest absolute Gasteiger partial charge is 0.486 e. The van der Waals surface area contributed by atoms with Gasteiger partial charge in [-0.2, -0.15) is 0 Å². The number of amides is 1. The summed E-state index contributed by atoms with van der Waals surface area (Å²) in [4.78, 5) is 12.1. The fraction of sp³-hybridized carbons (Fsp3) is 0.348. The molecule has 0 unspecified atom stereocenters. The van der Waals surface area contributed by atoms with E-state index in [0.29, 0.717) is 30.0 Å². The van der Waals surface area contributed by atoms with Gasteiger partial charge < -0.3 is 14.6 Å². The molecular weight excluding hydrogens is 396 g/mol. The van der Waals surface area contributed by atoms with Crippen LogP contribution >= 0.6 is 11.8 Å². The molecule has 2 aromatic carbocycles. The lowest BCUT2D eigenvalue weighted by molar-refractivity contribution is -0.118. The van der Waals surface area contributed by atoms with Crippen molar-refractivity contribution in [3.8, 4) is 5.75 Å². The Morgan fingerprint density at radius 3 is 2.53 bits per heavy atom. The smallest absolute Gasteiger partial charge is 0.230 e. The Morgan fingerprint density at radius 1 is 1.10 bits per heavy atom. The quantitative estimate of drug-likeness (QED) is 0.499. The zero-order chi connectivity index (χ0) is 21.3. The number of ether oxygens (including phenoxy) is 1. The lowest BCUT2D eigenvalue weighted by Gasteiger charge is -2.09. The maximum Gasteiger partial charge on any atom is 0.230 e. The second-order valence-corrected chi connectivity index (χ2v) is 8.29. The van der Waals surface area contributed by atoms with Gasteiger partial charge in [-0.15, -0.1) is 10.2 Å². The molecule has 3 aromatic rings. The van der Waals surface area contributed by atoms with Crippen molar-refractivity contribution in [1.82, 2.24) is 20.1 Å². The first kappa shape index (κ1) is 21.9. The summed E-state index contributed by atoms with van der Waals surface area (Å²) in [5, 5.41) is 12.0. The van der Waals surface area contributed by atoms with Crippen molar-refractivity contribution in [2.45, 2.75) is 37.9 Å². The molecule has 0 spiro atoms. The van der Waals surface area contributed by atoms with E-state index in [1.54, 1.807) is 0 Å². The predicted molar refractivity (Wildman–Crippen MR) is 120 cm³/mol. The van der Waals surface area contributed by atoms with Crippen LogP contribution in [0.15, 0.2) is 59.8 Å². The lowest BCUT2D eigenvalue weighted by Crippen LogP contribution is -2.27. The van der Waals surface area contributed by atoms with E-state index in [9.17, 15) is 4.79 Å². The first-order valence-electron chi connectivity index (χ1n) is 10.1. The Morgan fingerprint density at radius 2 is 1.83 bits per heavy atom. The van der Waals surface area contributed by atoms with Crippen molar-refractivity contribution in [2.24, 2.45) is 7.05 Å². The summed E-state index contributed by atoms with van der Waals surface area (Å²) in [7, 11) is 1.89. The molecule has 0 saturated carbocycles. The zero-order valence-electron chi connectivity index (χ0n) is 17.7. The zero-order valence-corrected chi connectivity index (χ0v) is 18.5. The fourth-order valence-electron chi connectivity index (χ4n) is 2.87. The van der Waals surface area contributed by atoms with Gasteiger partial charge in [0.2, 0.25) is 5.91 Å². The van der Waals surface area contributed by atoms with E-state index in [1.807, 2.05) is 41.9 Å². The van der Waals surface area contributed by atoms with Crippen LogP contribution in [0.5, 0.6) is 5.75 Å². The first-order valence-corrected chi connectivity index (χ1v) is 11.1. The second-order valence-electron chi connectivity index (χ2n) is 7.34. The summed E-state index contributed by atoms with van der Waals surface area (Å²) >= 11 is 1.37. The molecule has 0 bridgehead atoms. The first-order chi connectivity index (χ1) is 14.5. The number of carbonyl (C=O) groups is 1. The van der Waals surface area contributed by atoms with Crippen LogP contribution in [0.1, 0.15) is 36.7 Å². The lowest BCUT2D eigenvalue weighted by atomic mass is 10.0. The van der Waals surface area contributed by atoms with Crippen LogP contribution in [0.25, 0.3) is 0 Å². The van der Waals surface area contributed by atoms with E-state index >= 15 is 0 Å². The normalized spacial score (nSPS) is 10.9. The fourth-order valence-corrected chi connectivity index (χ4v) is 3.63. The molecule has 0 fully saturated rings. The molecule has 0 aliphatic heterocycles. The molecule has 0 saturated heterocycles. The van der Waals surface area contributed by atoms with Crippen LogP contribution in [0.3, 0.4) is 0 Å². The molecule has 0 radical (unpaired) electrons. The number of hydrogen-bond acceptors (Lipinski definition) is 5. The highest BCUT2D eigenvalue weighted by Crippen LogP contribution is 2.20. The monoisotopic (exact) mass is 424 g/mol. The van der Waals surface area contributed by atoms with Crippen molar-refractivity contribution >= 4 is 17.7 Å². The van der Waals surface area contributed by atoms with Gasteiger partial charge in [0.25, 0.3) is 0 Å². The Balaban J connectivity index is 1.42. The van der Waals surface area contributed by atoms with E-state index in [2.05, 4.69) is 53.6 Å². The Labute approximate surface area is 182 Å². The van der Waals surface area contributed by atoms with Gasteiger partial charge in [0, 0.05) is 13.6 Å². The van der Waals surface area contributed by atoms with Gasteiger partial charge in [0.05, 0.1) is 5.75 Å². The topological polar surface area (TPSA) is 69.0 Å². The van der Waals surface area contributed by atoms with Gasteiger partial charge >= 0.3 is 0 Å². The molecule has 7 heteroatoms. The molecule has 1 N–H and O–H groups in total. The molecule has 1 heterocycles. The minimum atomic E-state index is -0.0121. The highest BCUT2D eigenvalue weighted by molar-refractivity contribution is 7.99. The molecule has 0 atom stereocenters. The van der Waals surface area contributed by atoms with Crippen molar-refractivity contribution in [1.29, 1.82) is 0 Å². The Hall–Kier alpha value is -2.80. The number of aromatic nitrogens is 3. The molecule has 1 amide bonds. The number of rotatable bonds is 10. The van der Waals surface area contributed by atoms with E-state index in [4.69, 9.17) is 4.74 Å². The molecule has 30 heavy (non-hydrogen) atoms. The third-order valence-corrected chi connectivity index (χ3v) is 5.77. The van der Waals surface area contributed by atoms with Crippen molar-refractivity contribution < 1.29 is 9.53 Å². The van der Waals surface area contributed by atoms with Gasteiger partial charge in [-0.05, 0) is 35.6 Å². The SMILES string of the molecule is CC(C)c1ccc(OCc2nnc(SCC(=O)NCCc3ccccc3)n2C)cc1. The molecular formula is C23H28N4O2S. The third kappa shape index (κ3) is 6.35. The summed E-state index contributed by atoms with van der Waals surface area (Å²) < 4.78 is 7.70. The van der Waals surface area contributed by atoms with Crippen LogP contribution in [-0.4, -0.2) is 33.0 Å². The number of nitrogens with zero attached hydrogens (tertiary/aromatic N) is 3. The number of carbonyl (C=O) groups excluding carboxylic acids is 1. The van der Waals surface area contributed by atoms with E-state index in [1.165, 1.54) is 22.9 Å². The van der Waals surface area contributed by atoms with Gasteiger partial charge in [-0.1, -0.05) is 68.1 Å². The van der Waals surface area contributed by atoms with Crippen molar-refractivity contribution in [3.05, 3.63) is 71.5 Å². The summed E-state index contributed by atoms with van der Waals surface area (Å²) in [6.45, 7) is 5.28. The molecule has 1 aromatic heterocycles. The Kier molecular flexibility index (Phi) is 7.90. The van der Waals surface area contributed by atoms with E-state index < -0.39 is 0 Å². The maximum absolute atomic E-state index is 12.1. The minimum Gasteiger partial charge on any atom is -0.486 e. The number of thioether (sulfide) groups is 1. The maximum atomic E-state index is 12.1. The highest BCUT2D eigenvalue weighted by Gasteiger charge is 2.12. The van der Waals surface area contributed by atoms with Crippen LogP contribution in [-0.2, 0) is 24.9 Å². The van der Waals surface area contributed by atoms with Gasteiger partial charge in [-0.25, -0.2) is 0 Å². The van der Waals surface area contributed by atoms with Crippen molar-refractivity contribution in [2.75, 3.05) is 12.3 Å². The minimum absolute atomic E-state index is 0.0121. The molecule has 3 rings (SSSR count). The summed E-state index contributed by atoms with van der Waals surface area (Å²) in [5.74, 6) is 2.30. The van der Waals surface area contributed by atoms with Crippen LogP contribution in [0.2, 0.25) is 0 Å². The van der Waals surface area contributed by atoms with Crippen LogP contribution in [0, 0.1) is 0 Å². The standard InChI is InChI=1S/C23H28N4O2S/c1-17(2)19-9-11-20(12-10-19)29-15-21-25-26-23(27(21)3)30-16-22(28)24-14-13-18-7-5-4-6-8-18/h4-12,17H,13-16H2,1-3H3,(H,24,28). The van der Waals surface area contributed by atoms with Gasteiger partial charge in [-0.3, -0.25) is 4.79 Å². The molecule has 6 nitrogen and oxygen atoms in total. The summed E-state index contributed by atoms with van der Waals surface area (Å²) in [5.41, 5.74) is 2.49. The number of benzene rings is 2. The molecule has 158 valence electrons.